The summed E-state index contributed by atoms with van der Waals surface area (Å²) in [5.74, 6) is -0.142. The third-order valence-corrected chi connectivity index (χ3v) is 14.0. The average Bonchev–Trinajstić information content (AvgIpc) is 3.29. The summed E-state index contributed by atoms with van der Waals surface area (Å²) in [5.41, 5.74) is 0. The first-order valence-corrected chi connectivity index (χ1v) is 28.2. The van der Waals surface area contributed by atoms with Crippen molar-refractivity contribution >= 4 is 5.91 Å². The number of hydrogen-bond donors (Lipinski definition) is 6. The van der Waals surface area contributed by atoms with Gasteiger partial charge in [0.2, 0.25) is 5.91 Å². The average molecular weight is 912 g/mol. The molecule has 9 heteroatoms. The van der Waals surface area contributed by atoms with Crippen molar-refractivity contribution in [3.63, 3.8) is 0 Å². The van der Waals surface area contributed by atoms with Gasteiger partial charge in [0, 0.05) is 6.42 Å². The molecule has 0 aromatic carbocycles. The van der Waals surface area contributed by atoms with Crippen molar-refractivity contribution in [2.45, 2.75) is 333 Å². The van der Waals surface area contributed by atoms with Crippen LogP contribution in [0.4, 0.5) is 0 Å². The predicted octanol–water partition coefficient (Wildman–Crippen LogP) is 13.5. The molecule has 0 aromatic heterocycles. The van der Waals surface area contributed by atoms with Gasteiger partial charge in [-0.25, -0.2) is 0 Å². The highest BCUT2D eigenvalue weighted by Gasteiger charge is 2.44. The smallest absolute Gasteiger partial charge is 0.220 e. The highest BCUT2D eigenvalue weighted by Crippen LogP contribution is 2.23. The van der Waals surface area contributed by atoms with Crippen LogP contribution >= 0.6 is 0 Å². The summed E-state index contributed by atoms with van der Waals surface area (Å²) >= 11 is 0. The van der Waals surface area contributed by atoms with Gasteiger partial charge in [0.25, 0.3) is 0 Å². The van der Waals surface area contributed by atoms with E-state index in [1.54, 1.807) is 0 Å². The molecule has 1 amide bonds. The lowest BCUT2D eigenvalue weighted by Crippen LogP contribution is -2.60. The summed E-state index contributed by atoms with van der Waals surface area (Å²) in [6, 6.07) is -0.712. The molecule has 0 radical (unpaired) electrons. The van der Waals surface area contributed by atoms with Crippen LogP contribution < -0.4 is 5.32 Å². The van der Waals surface area contributed by atoms with E-state index in [1.165, 1.54) is 225 Å². The van der Waals surface area contributed by atoms with E-state index < -0.39 is 49.5 Å². The minimum absolute atomic E-state index is 0.132. The molecule has 6 N–H and O–H groups in total. The van der Waals surface area contributed by atoms with Crippen molar-refractivity contribution in [3.05, 3.63) is 0 Å². The van der Waals surface area contributed by atoms with Gasteiger partial charge in [-0.3, -0.25) is 4.79 Å². The number of carbonyl (C=O) groups excluding carboxylic acids is 1. The molecule has 1 saturated heterocycles. The number of carbonyl (C=O) groups is 1. The summed E-state index contributed by atoms with van der Waals surface area (Å²) < 4.78 is 11.3. The Balaban J connectivity index is 2.08. The minimum atomic E-state index is -1.55. The highest BCUT2D eigenvalue weighted by atomic mass is 16.7. The third kappa shape index (κ3) is 35.3. The normalized spacial score (nSPS) is 19.9. The number of aliphatic hydroxyl groups is 5. The second-order valence-corrected chi connectivity index (χ2v) is 20.1. The van der Waals surface area contributed by atoms with Crippen molar-refractivity contribution < 1.29 is 39.8 Å². The van der Waals surface area contributed by atoms with E-state index in [4.69, 9.17) is 9.47 Å². The third-order valence-electron chi connectivity index (χ3n) is 14.0. The van der Waals surface area contributed by atoms with Gasteiger partial charge < -0.3 is 40.3 Å². The van der Waals surface area contributed by atoms with E-state index in [0.717, 1.165) is 38.5 Å². The second kappa shape index (κ2) is 45.9. The van der Waals surface area contributed by atoms with E-state index in [-0.39, 0.29) is 12.5 Å². The summed E-state index contributed by atoms with van der Waals surface area (Å²) in [4.78, 5) is 13.0. The van der Waals surface area contributed by atoms with E-state index in [0.29, 0.717) is 12.8 Å². The molecule has 1 fully saturated rings. The number of amides is 1. The number of hydrogen-bond acceptors (Lipinski definition) is 8. The Morgan fingerprint density at radius 1 is 0.469 bits per heavy atom. The van der Waals surface area contributed by atoms with E-state index >= 15 is 0 Å². The van der Waals surface area contributed by atoms with Crippen LogP contribution in [0, 0.1) is 0 Å². The maximum atomic E-state index is 13.0. The van der Waals surface area contributed by atoms with Gasteiger partial charge in [-0.05, 0) is 12.8 Å². The summed E-state index contributed by atoms with van der Waals surface area (Å²) in [6.45, 7) is 3.85. The zero-order valence-electron chi connectivity index (χ0n) is 42.3. The van der Waals surface area contributed by atoms with Crippen LogP contribution in [0.2, 0.25) is 0 Å². The van der Waals surface area contributed by atoms with Crippen LogP contribution in [-0.4, -0.2) is 87.5 Å². The monoisotopic (exact) mass is 912 g/mol. The zero-order chi connectivity index (χ0) is 46.6. The van der Waals surface area contributed by atoms with Gasteiger partial charge in [-0.1, -0.05) is 271 Å². The Labute approximate surface area is 395 Å². The molecule has 1 aliphatic heterocycles. The molecular weight excluding hydrogens is 803 g/mol. The molecule has 1 rings (SSSR count). The van der Waals surface area contributed by atoms with Crippen molar-refractivity contribution in [1.82, 2.24) is 5.32 Å². The predicted molar refractivity (Wildman–Crippen MR) is 268 cm³/mol. The molecule has 64 heavy (non-hydrogen) atoms. The zero-order valence-corrected chi connectivity index (χ0v) is 42.3. The van der Waals surface area contributed by atoms with Crippen molar-refractivity contribution in [1.29, 1.82) is 0 Å². The maximum Gasteiger partial charge on any atom is 0.220 e. The largest absolute Gasteiger partial charge is 0.394 e. The summed E-state index contributed by atoms with van der Waals surface area (Å²) in [5, 5.41) is 54.5. The molecule has 1 heterocycles. The van der Waals surface area contributed by atoms with Gasteiger partial charge in [0.1, 0.15) is 24.4 Å². The number of unbranched alkanes of at least 4 members (excludes halogenated alkanes) is 39. The molecule has 0 saturated carbocycles. The number of ether oxygens (including phenoxy) is 2. The first-order valence-electron chi connectivity index (χ1n) is 28.2. The van der Waals surface area contributed by atoms with E-state index in [2.05, 4.69) is 19.2 Å². The van der Waals surface area contributed by atoms with Crippen molar-refractivity contribution in [2.24, 2.45) is 0 Å². The fraction of sp³-hybridized carbons (Fsp3) is 0.982. The Morgan fingerprint density at radius 3 is 1.11 bits per heavy atom. The molecular formula is C55H109NO8. The second-order valence-electron chi connectivity index (χ2n) is 20.1. The van der Waals surface area contributed by atoms with Gasteiger partial charge in [0.15, 0.2) is 6.29 Å². The molecule has 382 valence electrons. The van der Waals surface area contributed by atoms with E-state index in [1.807, 2.05) is 0 Å². The molecule has 0 bridgehead atoms. The van der Waals surface area contributed by atoms with Crippen LogP contribution in [0.15, 0.2) is 0 Å². The number of rotatable bonds is 49. The quantitative estimate of drug-likeness (QED) is 0.0331. The summed E-state index contributed by atoms with van der Waals surface area (Å²) in [6.07, 6.45) is 47.3. The molecule has 1 aliphatic rings. The topological polar surface area (TPSA) is 149 Å². The standard InChI is InChI=1S/C55H109NO8/c1-3-5-7-9-11-13-15-16-17-18-19-20-21-22-23-24-25-26-27-28-29-30-31-32-33-34-35-36-38-40-42-44-49(58)48(47-63-55-54(62)53(61)52(60)50(46-57)64-55)56-51(59)45-43-41-39-37-14-12-10-8-6-4-2/h48-50,52-55,57-58,60-62H,3-47H2,1-2H3,(H,56,59). The van der Waals surface area contributed by atoms with Crippen molar-refractivity contribution in [2.75, 3.05) is 13.2 Å². The van der Waals surface area contributed by atoms with Gasteiger partial charge in [-0.15, -0.1) is 0 Å². The molecule has 0 aliphatic carbocycles. The Morgan fingerprint density at radius 2 is 0.781 bits per heavy atom. The molecule has 0 aromatic rings. The van der Waals surface area contributed by atoms with Crippen LogP contribution in [0.25, 0.3) is 0 Å². The first kappa shape index (κ1) is 61.2. The first-order chi connectivity index (χ1) is 31.3. The van der Waals surface area contributed by atoms with Gasteiger partial charge in [0.05, 0.1) is 25.4 Å². The van der Waals surface area contributed by atoms with E-state index in [9.17, 15) is 30.3 Å². The maximum absolute atomic E-state index is 13.0. The van der Waals surface area contributed by atoms with Crippen LogP contribution in [-0.2, 0) is 14.3 Å². The van der Waals surface area contributed by atoms with Crippen LogP contribution in [0.5, 0.6) is 0 Å². The SMILES string of the molecule is CCCCCCCCCCCCCCCCCCCCCCCCCCCCCCCCCC(O)C(COC1OC(CO)C(O)C(O)C1O)NC(=O)CCCCCCCCCCCC. The Kier molecular flexibility index (Phi) is 43.9. The molecule has 7 atom stereocenters. The molecule has 9 nitrogen and oxygen atoms in total. The highest BCUT2D eigenvalue weighted by molar-refractivity contribution is 5.76. The minimum Gasteiger partial charge on any atom is -0.394 e. The summed E-state index contributed by atoms with van der Waals surface area (Å²) in [7, 11) is 0. The molecule has 7 unspecified atom stereocenters. The van der Waals surface area contributed by atoms with Gasteiger partial charge >= 0.3 is 0 Å². The number of nitrogens with one attached hydrogen (secondary N) is 1. The van der Waals surface area contributed by atoms with Crippen LogP contribution in [0.3, 0.4) is 0 Å². The van der Waals surface area contributed by atoms with Crippen LogP contribution in [0.1, 0.15) is 290 Å². The fourth-order valence-electron chi connectivity index (χ4n) is 9.46. The lowest BCUT2D eigenvalue weighted by Gasteiger charge is -2.40. The Hall–Kier alpha value is -0.810. The fourth-order valence-corrected chi connectivity index (χ4v) is 9.46. The lowest BCUT2D eigenvalue weighted by atomic mass is 9.99. The lowest BCUT2D eigenvalue weighted by molar-refractivity contribution is -0.302. The Bertz CT molecular complexity index is 970. The van der Waals surface area contributed by atoms with Crippen molar-refractivity contribution in [3.8, 4) is 0 Å². The molecule has 0 spiro atoms. The van der Waals surface area contributed by atoms with Gasteiger partial charge in [-0.2, -0.15) is 0 Å². The number of aliphatic hydroxyl groups excluding tert-OH is 5.